The van der Waals surface area contributed by atoms with Crippen LogP contribution in [0.25, 0.3) is 0 Å². The number of amides is 1. The maximum atomic E-state index is 13.2. The van der Waals surface area contributed by atoms with Crippen molar-refractivity contribution < 1.29 is 9.18 Å². The lowest BCUT2D eigenvalue weighted by Gasteiger charge is -2.07. The number of hydrogen-bond acceptors (Lipinski definition) is 2. The van der Waals surface area contributed by atoms with E-state index in [0.717, 1.165) is 0 Å². The molecule has 0 atom stereocenters. The fourth-order valence-corrected chi connectivity index (χ4v) is 1.24. The summed E-state index contributed by atoms with van der Waals surface area (Å²) in [7, 11) is 0. The molecule has 0 unspecified atom stereocenters. The molecule has 0 aliphatic heterocycles. The molecule has 0 aliphatic rings. The molecule has 0 spiro atoms. The van der Waals surface area contributed by atoms with Crippen LogP contribution in [0.15, 0.2) is 18.2 Å². The van der Waals surface area contributed by atoms with Gasteiger partial charge in [-0.25, -0.2) is 4.39 Å². The van der Waals surface area contributed by atoms with Gasteiger partial charge in [0.1, 0.15) is 5.82 Å². The summed E-state index contributed by atoms with van der Waals surface area (Å²) in [6, 6.07) is 4.15. The van der Waals surface area contributed by atoms with Crippen molar-refractivity contribution in [3.05, 3.63) is 29.0 Å². The normalized spacial score (nSPS) is 9.80. The van der Waals surface area contributed by atoms with Crippen LogP contribution in [0.5, 0.6) is 0 Å². The van der Waals surface area contributed by atoms with Gasteiger partial charge in [0.2, 0.25) is 5.91 Å². The molecule has 0 aliphatic carbocycles. The number of benzene rings is 1. The van der Waals surface area contributed by atoms with Crippen molar-refractivity contribution >= 4 is 23.2 Å². The molecule has 0 saturated carbocycles. The average Bonchev–Trinajstić information content (AvgIpc) is 2.20. The van der Waals surface area contributed by atoms with Gasteiger partial charge in [0.05, 0.1) is 12.2 Å². The van der Waals surface area contributed by atoms with Crippen molar-refractivity contribution in [2.24, 2.45) is 0 Å². The Morgan fingerprint density at radius 3 is 2.93 bits per heavy atom. The first-order valence-corrected chi connectivity index (χ1v) is 4.97. The third-order valence-corrected chi connectivity index (χ3v) is 1.98. The molecule has 2 N–H and O–H groups in total. The quantitative estimate of drug-likeness (QED) is 0.831. The van der Waals surface area contributed by atoms with Crippen LogP contribution < -0.4 is 10.6 Å². The number of hydrogen-bond donors (Lipinski definition) is 2. The van der Waals surface area contributed by atoms with Crippen LogP contribution in [0.1, 0.15) is 6.92 Å². The lowest BCUT2D eigenvalue weighted by Crippen LogP contribution is -2.29. The molecule has 15 heavy (non-hydrogen) atoms. The van der Waals surface area contributed by atoms with Crippen LogP contribution in [0, 0.1) is 5.82 Å². The molecule has 1 amide bonds. The second kappa shape index (κ2) is 5.56. The van der Waals surface area contributed by atoms with Crippen LogP contribution >= 0.6 is 11.6 Å². The topological polar surface area (TPSA) is 41.1 Å². The smallest absolute Gasteiger partial charge is 0.239 e. The molecule has 82 valence electrons. The lowest BCUT2D eigenvalue weighted by molar-refractivity contribution is -0.119. The molecule has 0 aromatic heterocycles. The van der Waals surface area contributed by atoms with Crippen molar-refractivity contribution in [1.29, 1.82) is 0 Å². The Morgan fingerprint density at radius 2 is 2.27 bits per heavy atom. The Hall–Kier alpha value is -1.29. The number of anilines is 1. The summed E-state index contributed by atoms with van der Waals surface area (Å²) in [5, 5.41) is 5.69. The zero-order chi connectivity index (χ0) is 11.3. The molecular weight excluding hydrogens is 219 g/mol. The molecule has 0 radical (unpaired) electrons. The van der Waals surface area contributed by atoms with Gasteiger partial charge in [0.15, 0.2) is 0 Å². The van der Waals surface area contributed by atoms with E-state index in [1.54, 1.807) is 0 Å². The number of nitrogens with one attached hydrogen (secondary N) is 2. The van der Waals surface area contributed by atoms with Crippen LogP contribution in [-0.2, 0) is 4.79 Å². The minimum Gasteiger partial charge on any atom is -0.374 e. The molecule has 0 heterocycles. The highest BCUT2D eigenvalue weighted by molar-refractivity contribution is 6.30. The fraction of sp³-hybridized carbons (Fsp3) is 0.300. The van der Waals surface area contributed by atoms with Gasteiger partial charge in [-0.3, -0.25) is 4.79 Å². The molecular formula is C10H12ClFN2O. The second-order valence-corrected chi connectivity index (χ2v) is 3.37. The van der Waals surface area contributed by atoms with E-state index in [-0.39, 0.29) is 18.1 Å². The van der Waals surface area contributed by atoms with E-state index in [0.29, 0.717) is 11.6 Å². The number of carbonyl (C=O) groups excluding carboxylic acids is 1. The molecule has 0 fully saturated rings. The minimum absolute atomic E-state index is 0.0328. The van der Waals surface area contributed by atoms with Crippen molar-refractivity contribution in [3.63, 3.8) is 0 Å². The predicted octanol–water partition coefficient (Wildman–Crippen LogP) is 2.03. The molecule has 0 bridgehead atoms. The summed E-state index contributed by atoms with van der Waals surface area (Å²) in [4.78, 5) is 11.1. The minimum atomic E-state index is -0.427. The summed E-state index contributed by atoms with van der Waals surface area (Å²) in [6.45, 7) is 2.40. The van der Waals surface area contributed by atoms with E-state index in [9.17, 15) is 9.18 Å². The van der Waals surface area contributed by atoms with Crippen LogP contribution in [0.3, 0.4) is 0 Å². The molecule has 0 saturated heterocycles. The summed E-state index contributed by atoms with van der Waals surface area (Å²) in [6.07, 6.45) is 0. The standard InChI is InChI=1S/C10H12ClFN2O/c1-2-13-10(15)6-14-9-5-7(11)3-4-8(9)12/h3-5,14H,2,6H2,1H3,(H,13,15). The number of carbonyl (C=O) groups is 1. The zero-order valence-corrected chi connectivity index (χ0v) is 9.07. The van der Waals surface area contributed by atoms with E-state index in [2.05, 4.69) is 10.6 Å². The van der Waals surface area contributed by atoms with E-state index < -0.39 is 5.82 Å². The van der Waals surface area contributed by atoms with E-state index in [1.165, 1.54) is 18.2 Å². The SMILES string of the molecule is CCNC(=O)CNc1cc(Cl)ccc1F. The van der Waals surface area contributed by atoms with Gasteiger partial charge in [-0.05, 0) is 25.1 Å². The Bertz CT molecular complexity index is 357. The fourth-order valence-electron chi connectivity index (χ4n) is 1.07. The summed E-state index contributed by atoms with van der Waals surface area (Å²) >= 11 is 5.69. The Morgan fingerprint density at radius 1 is 1.53 bits per heavy atom. The van der Waals surface area contributed by atoms with Gasteiger partial charge in [-0.2, -0.15) is 0 Å². The van der Waals surface area contributed by atoms with Gasteiger partial charge in [0.25, 0.3) is 0 Å². The van der Waals surface area contributed by atoms with Crippen molar-refractivity contribution in [1.82, 2.24) is 5.32 Å². The van der Waals surface area contributed by atoms with E-state index >= 15 is 0 Å². The first-order valence-electron chi connectivity index (χ1n) is 4.59. The molecule has 5 heteroatoms. The van der Waals surface area contributed by atoms with Gasteiger partial charge in [0, 0.05) is 11.6 Å². The summed E-state index contributed by atoms with van der Waals surface area (Å²) < 4.78 is 13.2. The maximum Gasteiger partial charge on any atom is 0.239 e. The maximum absolute atomic E-state index is 13.2. The van der Waals surface area contributed by atoms with Crippen LogP contribution in [0.2, 0.25) is 5.02 Å². The molecule has 3 nitrogen and oxygen atoms in total. The monoisotopic (exact) mass is 230 g/mol. The summed E-state index contributed by atoms with van der Waals surface area (Å²) in [5.41, 5.74) is 0.230. The van der Waals surface area contributed by atoms with Gasteiger partial charge in [-0.15, -0.1) is 0 Å². The second-order valence-electron chi connectivity index (χ2n) is 2.93. The molecule has 1 rings (SSSR count). The summed E-state index contributed by atoms with van der Waals surface area (Å²) in [5.74, 6) is -0.611. The third kappa shape index (κ3) is 3.75. The Labute approximate surface area is 92.6 Å². The molecule has 1 aromatic rings. The number of likely N-dealkylation sites (N-methyl/N-ethyl adjacent to an activating group) is 1. The van der Waals surface area contributed by atoms with Crippen LogP contribution in [0.4, 0.5) is 10.1 Å². The van der Waals surface area contributed by atoms with Crippen molar-refractivity contribution in [2.45, 2.75) is 6.92 Å². The van der Waals surface area contributed by atoms with Crippen molar-refractivity contribution in [3.8, 4) is 0 Å². The lowest BCUT2D eigenvalue weighted by atomic mass is 10.3. The molecule has 1 aromatic carbocycles. The van der Waals surface area contributed by atoms with Crippen molar-refractivity contribution in [2.75, 3.05) is 18.4 Å². The van der Waals surface area contributed by atoms with Crippen LogP contribution in [-0.4, -0.2) is 19.0 Å². The number of rotatable bonds is 4. The highest BCUT2D eigenvalue weighted by Crippen LogP contribution is 2.18. The van der Waals surface area contributed by atoms with E-state index in [4.69, 9.17) is 11.6 Å². The van der Waals surface area contributed by atoms with Gasteiger partial charge < -0.3 is 10.6 Å². The Balaban J connectivity index is 2.57. The van der Waals surface area contributed by atoms with Gasteiger partial charge >= 0.3 is 0 Å². The number of halogens is 2. The highest BCUT2D eigenvalue weighted by Gasteiger charge is 2.04. The zero-order valence-electron chi connectivity index (χ0n) is 8.31. The first kappa shape index (κ1) is 11.8. The van der Waals surface area contributed by atoms with Gasteiger partial charge in [-0.1, -0.05) is 11.6 Å². The Kier molecular flexibility index (Phi) is 4.37. The largest absolute Gasteiger partial charge is 0.374 e. The third-order valence-electron chi connectivity index (χ3n) is 1.74. The predicted molar refractivity (Wildman–Crippen MR) is 58.6 cm³/mol. The first-order chi connectivity index (χ1) is 7.13. The highest BCUT2D eigenvalue weighted by atomic mass is 35.5. The van der Waals surface area contributed by atoms with E-state index in [1.807, 2.05) is 6.92 Å². The average molecular weight is 231 g/mol.